The molecule has 0 aliphatic carbocycles. The molecule has 0 fully saturated rings. The number of nitrogens with zero attached hydrogens (tertiary/aromatic N) is 2. The number of hydrogen-bond donors (Lipinski definition) is 1. The Balaban J connectivity index is 1.63. The maximum atomic E-state index is 13.8. The molecule has 28 heavy (non-hydrogen) atoms. The molecule has 0 unspecified atom stereocenters. The van der Waals surface area contributed by atoms with Gasteiger partial charge < -0.3 is 5.32 Å². The summed E-state index contributed by atoms with van der Waals surface area (Å²) in [5.41, 5.74) is 2.24. The van der Waals surface area contributed by atoms with Gasteiger partial charge in [0.05, 0.1) is 11.3 Å². The fourth-order valence-corrected chi connectivity index (χ4v) is 3.56. The van der Waals surface area contributed by atoms with E-state index in [-0.39, 0.29) is 17.5 Å². The second-order valence-corrected chi connectivity index (χ2v) is 7.05. The number of halogens is 1. The van der Waals surface area contributed by atoms with Crippen LogP contribution in [0.3, 0.4) is 0 Å². The number of benzene rings is 3. The minimum Gasteiger partial charge on any atom is -0.325 e. The van der Waals surface area contributed by atoms with Gasteiger partial charge in [-0.15, -0.1) is 0 Å². The van der Waals surface area contributed by atoms with E-state index < -0.39 is 0 Å². The average Bonchev–Trinajstić information content (AvgIpc) is 2.73. The molecule has 0 saturated heterocycles. The van der Waals surface area contributed by atoms with E-state index >= 15 is 0 Å². The number of thioether (sulfide) groups is 1. The van der Waals surface area contributed by atoms with E-state index in [4.69, 9.17) is 0 Å². The van der Waals surface area contributed by atoms with E-state index in [1.165, 1.54) is 23.9 Å². The van der Waals surface area contributed by atoms with Crippen molar-refractivity contribution in [1.82, 2.24) is 9.97 Å². The lowest BCUT2D eigenvalue weighted by molar-refractivity contribution is -0.113. The van der Waals surface area contributed by atoms with E-state index in [9.17, 15) is 9.18 Å². The van der Waals surface area contributed by atoms with E-state index in [1.807, 2.05) is 60.7 Å². The first-order valence-electron chi connectivity index (χ1n) is 8.69. The molecular formula is C22H16FN3OS. The summed E-state index contributed by atoms with van der Waals surface area (Å²) < 4.78 is 13.8. The summed E-state index contributed by atoms with van der Waals surface area (Å²) in [4.78, 5) is 21.4. The molecule has 0 aliphatic rings. The second-order valence-electron chi connectivity index (χ2n) is 6.08. The number of anilines is 1. The number of rotatable bonds is 5. The maximum Gasteiger partial charge on any atom is 0.234 e. The van der Waals surface area contributed by atoms with Gasteiger partial charge in [-0.25, -0.2) is 14.4 Å². The number of carbonyl (C=O) groups excluding carboxylic acids is 1. The van der Waals surface area contributed by atoms with Gasteiger partial charge in [0.15, 0.2) is 5.82 Å². The Labute approximate surface area is 165 Å². The van der Waals surface area contributed by atoms with Gasteiger partial charge in [-0.2, -0.15) is 0 Å². The zero-order chi connectivity index (χ0) is 19.3. The van der Waals surface area contributed by atoms with Gasteiger partial charge in [-0.05, 0) is 30.3 Å². The SMILES string of the molecule is O=C(CSc1nc(-c2ccccc2)nc2ccc(F)cc12)Nc1ccccc1. The van der Waals surface area contributed by atoms with Crippen LogP contribution in [0.2, 0.25) is 0 Å². The lowest BCUT2D eigenvalue weighted by atomic mass is 10.2. The van der Waals surface area contributed by atoms with Crippen LogP contribution in [0, 0.1) is 5.82 Å². The molecule has 6 heteroatoms. The monoisotopic (exact) mass is 389 g/mol. The van der Waals surface area contributed by atoms with Crippen molar-refractivity contribution < 1.29 is 9.18 Å². The molecule has 138 valence electrons. The Morgan fingerprint density at radius 2 is 1.64 bits per heavy atom. The smallest absolute Gasteiger partial charge is 0.234 e. The van der Waals surface area contributed by atoms with Crippen LogP contribution < -0.4 is 5.32 Å². The largest absolute Gasteiger partial charge is 0.325 e. The average molecular weight is 389 g/mol. The predicted molar refractivity (Wildman–Crippen MR) is 111 cm³/mol. The first kappa shape index (κ1) is 18.1. The Kier molecular flexibility index (Phi) is 5.30. The molecule has 0 spiro atoms. The molecule has 1 heterocycles. The molecular weight excluding hydrogens is 373 g/mol. The summed E-state index contributed by atoms with van der Waals surface area (Å²) in [6, 6.07) is 23.2. The standard InChI is InChI=1S/C22H16FN3OS/c23-16-11-12-19-18(13-16)22(26-21(25-19)15-7-3-1-4-8-15)28-14-20(27)24-17-9-5-2-6-10-17/h1-13H,14H2,(H,24,27). The third-order valence-corrected chi connectivity index (χ3v) is 5.04. The number of para-hydroxylation sites is 1. The second kappa shape index (κ2) is 8.19. The third-order valence-electron chi connectivity index (χ3n) is 4.05. The topological polar surface area (TPSA) is 54.9 Å². The summed E-state index contributed by atoms with van der Waals surface area (Å²) in [6.45, 7) is 0. The Hall–Kier alpha value is -3.25. The first-order chi connectivity index (χ1) is 13.7. The molecule has 1 aromatic heterocycles. The van der Waals surface area contributed by atoms with Gasteiger partial charge >= 0.3 is 0 Å². The Bertz CT molecular complexity index is 1120. The van der Waals surface area contributed by atoms with Gasteiger partial charge in [0.25, 0.3) is 0 Å². The van der Waals surface area contributed by atoms with Crippen molar-refractivity contribution in [2.75, 3.05) is 11.1 Å². The predicted octanol–water partition coefficient (Wildman–Crippen LogP) is 5.17. The lowest BCUT2D eigenvalue weighted by Crippen LogP contribution is -2.14. The van der Waals surface area contributed by atoms with Gasteiger partial charge in [0.1, 0.15) is 10.8 Å². The Morgan fingerprint density at radius 3 is 2.39 bits per heavy atom. The van der Waals surface area contributed by atoms with Gasteiger partial charge in [-0.3, -0.25) is 4.79 Å². The van der Waals surface area contributed by atoms with Crippen LogP contribution in [0.5, 0.6) is 0 Å². The van der Waals surface area contributed by atoms with E-state index in [0.717, 1.165) is 11.3 Å². The molecule has 4 nitrogen and oxygen atoms in total. The van der Waals surface area contributed by atoms with Crippen LogP contribution in [0.4, 0.5) is 10.1 Å². The first-order valence-corrected chi connectivity index (χ1v) is 9.68. The molecule has 0 saturated carbocycles. The zero-order valence-corrected chi connectivity index (χ0v) is 15.6. The number of fused-ring (bicyclic) bond motifs is 1. The fraction of sp³-hybridized carbons (Fsp3) is 0.0455. The van der Waals surface area contributed by atoms with Crippen molar-refractivity contribution in [3.05, 3.63) is 84.7 Å². The normalized spacial score (nSPS) is 10.8. The van der Waals surface area contributed by atoms with Crippen LogP contribution in [-0.2, 0) is 4.79 Å². The molecule has 4 aromatic rings. The molecule has 4 rings (SSSR count). The zero-order valence-electron chi connectivity index (χ0n) is 14.8. The number of amides is 1. The van der Waals surface area contributed by atoms with Crippen LogP contribution in [0.25, 0.3) is 22.3 Å². The summed E-state index contributed by atoms with van der Waals surface area (Å²) in [5, 5.41) is 4.01. The van der Waals surface area contributed by atoms with Crippen molar-refractivity contribution in [3.63, 3.8) is 0 Å². The van der Waals surface area contributed by atoms with Crippen LogP contribution in [0.15, 0.2) is 83.9 Å². The minimum absolute atomic E-state index is 0.152. The van der Waals surface area contributed by atoms with Gasteiger partial charge in [0, 0.05) is 16.6 Å². The van der Waals surface area contributed by atoms with Crippen molar-refractivity contribution in [2.45, 2.75) is 5.03 Å². The van der Waals surface area contributed by atoms with Gasteiger partial charge in [0.2, 0.25) is 5.91 Å². The number of aromatic nitrogens is 2. The molecule has 0 bridgehead atoms. The highest BCUT2D eigenvalue weighted by Gasteiger charge is 2.13. The summed E-state index contributed by atoms with van der Waals surface area (Å²) in [7, 11) is 0. The minimum atomic E-state index is -0.362. The lowest BCUT2D eigenvalue weighted by Gasteiger charge is -2.09. The van der Waals surface area contributed by atoms with Crippen molar-refractivity contribution in [1.29, 1.82) is 0 Å². The highest BCUT2D eigenvalue weighted by atomic mass is 32.2. The van der Waals surface area contributed by atoms with Crippen molar-refractivity contribution in [2.24, 2.45) is 0 Å². The Morgan fingerprint density at radius 1 is 0.929 bits per heavy atom. The molecule has 1 N–H and O–H groups in total. The van der Waals surface area contributed by atoms with Gasteiger partial charge in [-0.1, -0.05) is 60.3 Å². The number of carbonyl (C=O) groups is 1. The van der Waals surface area contributed by atoms with E-state index in [1.54, 1.807) is 6.07 Å². The number of hydrogen-bond acceptors (Lipinski definition) is 4. The summed E-state index contributed by atoms with van der Waals surface area (Å²) in [5.74, 6) is 0.191. The molecule has 0 atom stereocenters. The molecule has 0 aliphatic heterocycles. The summed E-state index contributed by atoms with van der Waals surface area (Å²) >= 11 is 1.26. The fourth-order valence-electron chi connectivity index (χ4n) is 2.75. The third kappa shape index (κ3) is 4.18. The molecule has 1 amide bonds. The molecule has 3 aromatic carbocycles. The number of nitrogens with one attached hydrogen (secondary N) is 1. The summed E-state index contributed by atoms with van der Waals surface area (Å²) in [6.07, 6.45) is 0. The highest BCUT2D eigenvalue weighted by molar-refractivity contribution is 8.00. The van der Waals surface area contributed by atoms with Crippen molar-refractivity contribution >= 4 is 34.3 Å². The van der Waals surface area contributed by atoms with E-state index in [0.29, 0.717) is 21.8 Å². The van der Waals surface area contributed by atoms with Crippen molar-refractivity contribution in [3.8, 4) is 11.4 Å². The van der Waals surface area contributed by atoms with Crippen LogP contribution in [0.1, 0.15) is 0 Å². The van der Waals surface area contributed by atoms with E-state index in [2.05, 4.69) is 15.3 Å². The molecule has 0 radical (unpaired) electrons. The van der Waals surface area contributed by atoms with Crippen LogP contribution in [-0.4, -0.2) is 21.6 Å². The highest BCUT2D eigenvalue weighted by Crippen LogP contribution is 2.29. The quantitative estimate of drug-likeness (QED) is 0.378. The van der Waals surface area contributed by atoms with Crippen LogP contribution >= 0.6 is 11.8 Å². The maximum absolute atomic E-state index is 13.8.